The van der Waals surface area contributed by atoms with Crippen LogP contribution in [0.5, 0.6) is 0 Å². The summed E-state index contributed by atoms with van der Waals surface area (Å²) in [7, 11) is 2.07. The van der Waals surface area contributed by atoms with E-state index in [4.69, 9.17) is 0 Å². The molecule has 8 nitrogen and oxygen atoms in total. The number of likely N-dealkylation sites (N-methyl/N-ethyl adjacent to an activating group) is 1. The average Bonchev–Trinajstić information content (AvgIpc) is 2.71. The van der Waals surface area contributed by atoms with Crippen LogP contribution in [0, 0.1) is 0 Å². The smallest absolute Gasteiger partial charge is 0.243 e. The molecule has 2 fully saturated rings. The average molecular weight is 402 g/mol. The highest BCUT2D eigenvalue weighted by atomic mass is 16.2. The molecule has 2 saturated heterocycles. The number of carbonyl (C=O) groups is 3. The van der Waals surface area contributed by atoms with Crippen LogP contribution in [-0.4, -0.2) is 91.3 Å². The molecule has 3 amide bonds. The predicted octanol–water partition coefficient (Wildman–Crippen LogP) is 0.152. The van der Waals surface area contributed by atoms with E-state index < -0.39 is 6.04 Å². The van der Waals surface area contributed by atoms with Crippen molar-refractivity contribution in [2.24, 2.45) is 0 Å². The number of hydrogen-bond donors (Lipinski definition) is 2. The molecule has 2 aliphatic heterocycles. The van der Waals surface area contributed by atoms with Gasteiger partial charge in [-0.2, -0.15) is 0 Å². The summed E-state index contributed by atoms with van der Waals surface area (Å²) in [5.41, 5.74) is 1.79. The summed E-state index contributed by atoms with van der Waals surface area (Å²) < 4.78 is 0. The second-order valence-electron chi connectivity index (χ2n) is 7.74. The molecule has 1 atom stereocenters. The number of aryl methyl sites for hydroxylation is 1. The Balaban J connectivity index is 1.62. The van der Waals surface area contributed by atoms with Gasteiger partial charge >= 0.3 is 0 Å². The second kappa shape index (κ2) is 9.84. The molecule has 0 saturated carbocycles. The Morgan fingerprint density at radius 3 is 2.59 bits per heavy atom. The minimum absolute atomic E-state index is 0.0433. The number of para-hydroxylation sites is 1. The van der Waals surface area contributed by atoms with Gasteiger partial charge in [0, 0.05) is 45.0 Å². The highest BCUT2D eigenvalue weighted by Crippen LogP contribution is 2.17. The van der Waals surface area contributed by atoms with Crippen LogP contribution >= 0.6 is 0 Å². The van der Waals surface area contributed by atoms with Crippen molar-refractivity contribution in [3.63, 3.8) is 0 Å². The molecule has 0 aromatic heterocycles. The Kier molecular flexibility index (Phi) is 7.22. The van der Waals surface area contributed by atoms with Gasteiger partial charge in [0.25, 0.3) is 0 Å². The third kappa shape index (κ3) is 5.55. The number of benzene rings is 1. The van der Waals surface area contributed by atoms with Gasteiger partial charge in [-0.15, -0.1) is 0 Å². The normalized spacial score (nSPS) is 21.0. The van der Waals surface area contributed by atoms with E-state index in [2.05, 4.69) is 27.5 Å². The number of hydrogen-bond acceptors (Lipinski definition) is 5. The molecule has 0 aliphatic carbocycles. The third-order valence-corrected chi connectivity index (χ3v) is 5.66. The molecule has 0 unspecified atom stereocenters. The highest BCUT2D eigenvalue weighted by molar-refractivity contribution is 5.98. The Bertz CT molecular complexity index is 746. The molecule has 2 aliphatic rings. The van der Waals surface area contributed by atoms with E-state index in [9.17, 15) is 14.4 Å². The maximum atomic E-state index is 12.9. The van der Waals surface area contributed by atoms with Crippen molar-refractivity contribution >= 4 is 23.4 Å². The number of anilines is 1. The number of rotatable bonds is 6. The number of nitrogens with zero attached hydrogens (tertiary/aromatic N) is 3. The van der Waals surface area contributed by atoms with Crippen LogP contribution in [0.2, 0.25) is 0 Å². The Labute approximate surface area is 172 Å². The predicted molar refractivity (Wildman–Crippen MR) is 112 cm³/mol. The van der Waals surface area contributed by atoms with Gasteiger partial charge in [-0.1, -0.05) is 25.1 Å². The summed E-state index contributed by atoms with van der Waals surface area (Å²) in [5.74, 6) is -0.608. The van der Waals surface area contributed by atoms with Crippen molar-refractivity contribution in [1.29, 1.82) is 0 Å². The van der Waals surface area contributed by atoms with Crippen molar-refractivity contribution in [3.05, 3.63) is 29.8 Å². The van der Waals surface area contributed by atoms with Crippen molar-refractivity contribution in [3.8, 4) is 0 Å². The first kappa shape index (κ1) is 21.3. The lowest BCUT2D eigenvalue weighted by Crippen LogP contribution is -2.60. The molecule has 0 radical (unpaired) electrons. The molecule has 0 spiro atoms. The highest BCUT2D eigenvalue weighted by Gasteiger charge is 2.35. The van der Waals surface area contributed by atoms with E-state index >= 15 is 0 Å². The fourth-order valence-corrected chi connectivity index (χ4v) is 3.83. The molecular weight excluding hydrogens is 370 g/mol. The fourth-order valence-electron chi connectivity index (χ4n) is 3.83. The number of amides is 3. The standard InChI is InChI=1S/C21H31N5O3/c1-3-16-6-4-5-7-17(16)23-19(27)14-18-21(29)22-8-9-26(18)20(28)15-25-12-10-24(2)11-13-25/h4-7,18H,3,8-15H2,1-2H3,(H,22,29)(H,23,27)/t18-/m0/s1. The molecule has 0 bridgehead atoms. The van der Waals surface area contributed by atoms with E-state index in [0.29, 0.717) is 13.1 Å². The summed E-state index contributed by atoms with van der Waals surface area (Å²) in [5, 5.41) is 5.69. The molecule has 3 rings (SSSR count). The minimum Gasteiger partial charge on any atom is -0.353 e. The number of nitrogens with one attached hydrogen (secondary N) is 2. The lowest BCUT2D eigenvalue weighted by atomic mass is 10.1. The summed E-state index contributed by atoms with van der Waals surface area (Å²) >= 11 is 0. The van der Waals surface area contributed by atoms with Gasteiger partial charge in [-0.25, -0.2) is 0 Å². The first-order valence-electron chi connectivity index (χ1n) is 10.3. The molecule has 1 aromatic rings. The Morgan fingerprint density at radius 2 is 1.86 bits per heavy atom. The van der Waals surface area contributed by atoms with Gasteiger partial charge in [-0.3, -0.25) is 19.3 Å². The first-order chi connectivity index (χ1) is 14.0. The summed E-state index contributed by atoms with van der Waals surface area (Å²) in [4.78, 5) is 43.9. The fraction of sp³-hybridized carbons (Fsp3) is 0.571. The summed E-state index contributed by atoms with van der Waals surface area (Å²) in [6.07, 6.45) is 0.758. The van der Waals surface area contributed by atoms with Crippen LogP contribution in [0.25, 0.3) is 0 Å². The van der Waals surface area contributed by atoms with Crippen molar-refractivity contribution < 1.29 is 14.4 Å². The van der Waals surface area contributed by atoms with Crippen molar-refractivity contribution in [2.75, 3.05) is 58.2 Å². The molecule has 158 valence electrons. The van der Waals surface area contributed by atoms with Crippen LogP contribution in [0.1, 0.15) is 18.9 Å². The molecule has 2 N–H and O–H groups in total. The van der Waals surface area contributed by atoms with Crippen molar-refractivity contribution in [1.82, 2.24) is 20.0 Å². The number of carbonyl (C=O) groups excluding carboxylic acids is 3. The first-order valence-corrected chi connectivity index (χ1v) is 10.3. The lowest BCUT2D eigenvalue weighted by molar-refractivity contribution is -0.145. The lowest BCUT2D eigenvalue weighted by Gasteiger charge is -2.37. The van der Waals surface area contributed by atoms with Crippen LogP contribution in [0.4, 0.5) is 5.69 Å². The zero-order chi connectivity index (χ0) is 20.8. The zero-order valence-electron chi connectivity index (χ0n) is 17.3. The van der Waals surface area contributed by atoms with Gasteiger partial charge in [0.1, 0.15) is 6.04 Å². The van der Waals surface area contributed by atoms with Gasteiger partial charge in [0.2, 0.25) is 17.7 Å². The van der Waals surface area contributed by atoms with E-state index in [1.165, 1.54) is 0 Å². The van der Waals surface area contributed by atoms with E-state index in [1.807, 2.05) is 31.2 Å². The quantitative estimate of drug-likeness (QED) is 0.709. The van der Waals surface area contributed by atoms with Crippen LogP contribution < -0.4 is 10.6 Å². The Hall–Kier alpha value is -2.45. The third-order valence-electron chi connectivity index (χ3n) is 5.66. The van der Waals surface area contributed by atoms with Gasteiger partial charge < -0.3 is 20.4 Å². The second-order valence-corrected chi connectivity index (χ2v) is 7.74. The SMILES string of the molecule is CCc1ccccc1NC(=O)C[C@H]1C(=O)NCCN1C(=O)CN1CCN(C)CC1. The molecule has 2 heterocycles. The summed E-state index contributed by atoms with van der Waals surface area (Å²) in [6.45, 7) is 6.69. The monoisotopic (exact) mass is 401 g/mol. The van der Waals surface area contributed by atoms with Crippen LogP contribution in [0.3, 0.4) is 0 Å². The van der Waals surface area contributed by atoms with Crippen LogP contribution in [-0.2, 0) is 20.8 Å². The van der Waals surface area contributed by atoms with Gasteiger partial charge in [0.05, 0.1) is 13.0 Å². The largest absolute Gasteiger partial charge is 0.353 e. The van der Waals surface area contributed by atoms with E-state index in [1.54, 1.807) is 4.90 Å². The maximum Gasteiger partial charge on any atom is 0.243 e. The van der Waals surface area contributed by atoms with Gasteiger partial charge in [-0.05, 0) is 25.1 Å². The number of piperazine rings is 2. The molecule has 8 heteroatoms. The van der Waals surface area contributed by atoms with E-state index in [-0.39, 0.29) is 30.7 Å². The minimum atomic E-state index is -0.766. The maximum absolute atomic E-state index is 12.9. The summed E-state index contributed by atoms with van der Waals surface area (Å²) in [6, 6.07) is 6.86. The van der Waals surface area contributed by atoms with Crippen molar-refractivity contribution in [2.45, 2.75) is 25.8 Å². The van der Waals surface area contributed by atoms with Gasteiger partial charge in [0.15, 0.2) is 0 Å². The Morgan fingerprint density at radius 1 is 1.14 bits per heavy atom. The molecular formula is C21H31N5O3. The topological polar surface area (TPSA) is 85.0 Å². The molecule has 1 aromatic carbocycles. The molecule has 29 heavy (non-hydrogen) atoms. The van der Waals surface area contributed by atoms with Crippen LogP contribution in [0.15, 0.2) is 24.3 Å². The van der Waals surface area contributed by atoms with E-state index in [0.717, 1.165) is 43.9 Å². The zero-order valence-corrected chi connectivity index (χ0v) is 17.3.